The number of piperidine rings is 1. The number of benzene rings is 1. The average Bonchev–Trinajstić information content (AvgIpc) is 2.73. The molecule has 21 heavy (non-hydrogen) atoms. The molecule has 1 saturated heterocycles. The molecule has 4 N–H and O–H groups in total. The Morgan fingerprint density at radius 3 is 2.67 bits per heavy atom. The summed E-state index contributed by atoms with van der Waals surface area (Å²) in [5.74, 6) is -0.699. The summed E-state index contributed by atoms with van der Waals surface area (Å²) in [5, 5.41) is 12.4. The van der Waals surface area contributed by atoms with Crippen molar-refractivity contribution in [3.05, 3.63) is 22.2 Å². The maximum Gasteiger partial charge on any atom is 0.257 e. The van der Waals surface area contributed by atoms with Crippen LogP contribution < -0.4 is 16.0 Å². The molecule has 0 aliphatic carbocycles. The van der Waals surface area contributed by atoms with E-state index in [4.69, 9.17) is 5.73 Å². The summed E-state index contributed by atoms with van der Waals surface area (Å²) in [6.07, 6.45) is 0.354. The van der Waals surface area contributed by atoms with Crippen LogP contribution in [0.2, 0.25) is 0 Å². The number of anilines is 2. The fraction of sp³-hybridized carbons (Fsp3) is 0.429. The van der Waals surface area contributed by atoms with Crippen molar-refractivity contribution in [2.75, 3.05) is 23.3 Å². The van der Waals surface area contributed by atoms with Crippen LogP contribution in [-0.2, 0) is 9.59 Å². The molecule has 112 valence electrons. The fourth-order valence-corrected chi connectivity index (χ4v) is 3.51. The van der Waals surface area contributed by atoms with E-state index >= 15 is 0 Å². The standard InChI is InChI=1S/C14H16BrN3O3/c15-9-5-8-10(17-14(21)12(8)19)6-11(9)18-3-1-7(2-4-18)13(16)20/h5-7,12,19H,1-4H2,(H2,16,20)(H,17,21). The molecule has 2 aliphatic rings. The highest BCUT2D eigenvalue weighted by atomic mass is 79.9. The molecule has 1 aromatic carbocycles. The number of nitrogens with one attached hydrogen (secondary N) is 1. The van der Waals surface area contributed by atoms with Gasteiger partial charge in [-0.2, -0.15) is 0 Å². The minimum absolute atomic E-state index is 0.0593. The number of rotatable bonds is 2. The van der Waals surface area contributed by atoms with Crippen LogP contribution in [0.15, 0.2) is 16.6 Å². The van der Waals surface area contributed by atoms with Crippen LogP contribution in [0.1, 0.15) is 24.5 Å². The maximum atomic E-state index is 11.5. The van der Waals surface area contributed by atoms with Crippen molar-refractivity contribution in [3.8, 4) is 0 Å². The molecule has 1 unspecified atom stereocenters. The second-order valence-corrected chi connectivity index (χ2v) is 6.30. The van der Waals surface area contributed by atoms with E-state index in [1.165, 1.54) is 0 Å². The number of hydrogen-bond acceptors (Lipinski definition) is 4. The average molecular weight is 354 g/mol. The molecule has 6 nitrogen and oxygen atoms in total. The molecular formula is C14H16BrN3O3. The summed E-state index contributed by atoms with van der Waals surface area (Å²) < 4.78 is 0.828. The van der Waals surface area contributed by atoms with Crippen molar-refractivity contribution in [3.63, 3.8) is 0 Å². The largest absolute Gasteiger partial charge is 0.378 e. The Hall–Kier alpha value is -1.60. The molecular weight excluding hydrogens is 338 g/mol. The Morgan fingerprint density at radius 1 is 1.38 bits per heavy atom. The zero-order valence-corrected chi connectivity index (χ0v) is 12.9. The van der Waals surface area contributed by atoms with Crippen LogP contribution in [0, 0.1) is 5.92 Å². The van der Waals surface area contributed by atoms with Crippen molar-refractivity contribution in [1.82, 2.24) is 0 Å². The molecule has 1 fully saturated rings. The second-order valence-electron chi connectivity index (χ2n) is 5.45. The van der Waals surface area contributed by atoms with Gasteiger partial charge in [0.2, 0.25) is 5.91 Å². The Morgan fingerprint density at radius 2 is 2.05 bits per heavy atom. The summed E-state index contributed by atoms with van der Waals surface area (Å²) in [6.45, 7) is 1.48. The van der Waals surface area contributed by atoms with Gasteiger partial charge >= 0.3 is 0 Å². The molecule has 0 bridgehead atoms. The molecule has 0 saturated carbocycles. The molecule has 2 aliphatic heterocycles. The topological polar surface area (TPSA) is 95.7 Å². The van der Waals surface area contributed by atoms with Crippen LogP contribution in [0.5, 0.6) is 0 Å². The van der Waals surface area contributed by atoms with Gasteiger partial charge in [0.25, 0.3) is 5.91 Å². The van der Waals surface area contributed by atoms with Crippen molar-refractivity contribution in [2.24, 2.45) is 11.7 Å². The zero-order chi connectivity index (χ0) is 15.1. The zero-order valence-electron chi connectivity index (χ0n) is 11.3. The van der Waals surface area contributed by atoms with Crippen molar-refractivity contribution >= 4 is 39.1 Å². The number of nitrogens with two attached hydrogens (primary N) is 1. The first kappa shape index (κ1) is 14.3. The molecule has 0 spiro atoms. The lowest BCUT2D eigenvalue weighted by Gasteiger charge is -2.33. The molecule has 3 rings (SSSR count). The number of fused-ring (bicyclic) bond motifs is 1. The highest BCUT2D eigenvalue weighted by Crippen LogP contribution is 2.39. The first-order chi connectivity index (χ1) is 9.97. The van der Waals surface area contributed by atoms with E-state index < -0.39 is 12.0 Å². The minimum atomic E-state index is -1.11. The monoisotopic (exact) mass is 353 g/mol. The number of hydrogen-bond donors (Lipinski definition) is 3. The van der Waals surface area contributed by atoms with Crippen molar-refractivity contribution in [1.29, 1.82) is 0 Å². The minimum Gasteiger partial charge on any atom is -0.378 e. The SMILES string of the molecule is NC(=O)C1CCN(c2cc3c(cc2Br)C(O)C(=O)N3)CC1. The van der Waals surface area contributed by atoms with E-state index in [1.54, 1.807) is 6.07 Å². The Bertz CT molecular complexity index is 612. The van der Waals surface area contributed by atoms with E-state index in [0.29, 0.717) is 11.3 Å². The van der Waals surface area contributed by atoms with Crippen LogP contribution in [-0.4, -0.2) is 30.0 Å². The van der Waals surface area contributed by atoms with Gasteiger partial charge < -0.3 is 21.1 Å². The highest BCUT2D eigenvalue weighted by Gasteiger charge is 2.31. The maximum absolute atomic E-state index is 11.5. The number of aliphatic hydroxyl groups is 1. The van der Waals surface area contributed by atoms with Gasteiger partial charge in [0, 0.05) is 34.7 Å². The Labute approximate surface area is 130 Å². The first-order valence-electron chi connectivity index (χ1n) is 6.84. The van der Waals surface area contributed by atoms with Crippen LogP contribution in [0.3, 0.4) is 0 Å². The number of nitrogens with zero attached hydrogens (tertiary/aromatic N) is 1. The van der Waals surface area contributed by atoms with Gasteiger partial charge in [0.1, 0.15) is 0 Å². The van der Waals surface area contributed by atoms with Gasteiger partial charge in [-0.1, -0.05) is 0 Å². The molecule has 2 heterocycles. The van der Waals surface area contributed by atoms with E-state index in [9.17, 15) is 14.7 Å². The quantitative estimate of drug-likeness (QED) is 0.742. The normalized spacial score (nSPS) is 22.1. The molecule has 2 amide bonds. The summed E-state index contributed by atoms with van der Waals surface area (Å²) in [6, 6.07) is 3.63. The Kier molecular flexibility index (Phi) is 3.62. The van der Waals surface area contributed by atoms with Gasteiger partial charge in [-0.25, -0.2) is 0 Å². The highest BCUT2D eigenvalue weighted by molar-refractivity contribution is 9.10. The predicted octanol–water partition coefficient (Wildman–Crippen LogP) is 1.14. The third-order valence-electron chi connectivity index (χ3n) is 4.16. The number of primary amides is 1. The number of amides is 2. The van der Waals surface area contributed by atoms with Crippen LogP contribution in [0.25, 0.3) is 0 Å². The fourth-order valence-electron chi connectivity index (χ4n) is 2.90. The number of aliphatic hydroxyl groups excluding tert-OH is 1. The lowest BCUT2D eigenvalue weighted by atomic mass is 9.96. The van der Waals surface area contributed by atoms with Gasteiger partial charge in [0.05, 0.1) is 5.69 Å². The summed E-state index contributed by atoms with van der Waals surface area (Å²) in [5.41, 5.74) is 7.52. The summed E-state index contributed by atoms with van der Waals surface area (Å²) in [7, 11) is 0. The second kappa shape index (κ2) is 5.31. The molecule has 7 heteroatoms. The molecule has 0 aromatic heterocycles. The predicted molar refractivity (Wildman–Crippen MR) is 81.9 cm³/mol. The van der Waals surface area contributed by atoms with Gasteiger partial charge in [-0.15, -0.1) is 0 Å². The lowest BCUT2D eigenvalue weighted by molar-refractivity contribution is -0.123. The van der Waals surface area contributed by atoms with Gasteiger partial charge in [0.15, 0.2) is 6.10 Å². The smallest absolute Gasteiger partial charge is 0.257 e. The summed E-state index contributed by atoms with van der Waals surface area (Å²) >= 11 is 3.49. The van der Waals surface area contributed by atoms with Crippen molar-refractivity contribution < 1.29 is 14.7 Å². The Balaban J connectivity index is 1.83. The van der Waals surface area contributed by atoms with Gasteiger partial charge in [-0.3, -0.25) is 9.59 Å². The van der Waals surface area contributed by atoms with Crippen LogP contribution in [0.4, 0.5) is 11.4 Å². The van der Waals surface area contributed by atoms with Crippen LogP contribution >= 0.6 is 15.9 Å². The van der Waals surface area contributed by atoms with E-state index in [-0.39, 0.29) is 11.8 Å². The first-order valence-corrected chi connectivity index (χ1v) is 7.63. The number of carbonyl (C=O) groups excluding carboxylic acids is 2. The third-order valence-corrected chi connectivity index (χ3v) is 4.79. The number of carbonyl (C=O) groups is 2. The summed E-state index contributed by atoms with van der Waals surface area (Å²) in [4.78, 5) is 24.9. The van der Waals surface area contributed by atoms with Gasteiger partial charge in [-0.05, 0) is 40.9 Å². The van der Waals surface area contributed by atoms with E-state index in [2.05, 4.69) is 26.1 Å². The molecule has 1 atom stereocenters. The molecule has 1 aromatic rings. The van der Waals surface area contributed by atoms with E-state index in [0.717, 1.165) is 36.1 Å². The van der Waals surface area contributed by atoms with Crippen molar-refractivity contribution in [2.45, 2.75) is 18.9 Å². The van der Waals surface area contributed by atoms with E-state index in [1.807, 2.05) is 6.07 Å². The third kappa shape index (κ3) is 2.51. The lowest BCUT2D eigenvalue weighted by Crippen LogP contribution is -2.38. The number of halogens is 1. The molecule has 0 radical (unpaired) electrons.